The number of hydrogen-bond acceptors (Lipinski definition) is 6. The van der Waals surface area contributed by atoms with E-state index in [0.29, 0.717) is 38.4 Å². The van der Waals surface area contributed by atoms with E-state index in [9.17, 15) is 19.7 Å². The molecule has 0 N–H and O–H groups in total. The summed E-state index contributed by atoms with van der Waals surface area (Å²) < 4.78 is 10.6. The van der Waals surface area contributed by atoms with Gasteiger partial charge in [-0.15, -0.1) is 0 Å². The Morgan fingerprint density at radius 2 is 1.79 bits per heavy atom. The first-order valence-electron chi connectivity index (χ1n) is 9.03. The second-order valence-corrected chi connectivity index (χ2v) is 6.33. The maximum Gasteiger partial charge on any atom is 0.310 e. The maximum absolute atomic E-state index is 12.3. The molecule has 1 aliphatic heterocycles. The fourth-order valence-electron chi connectivity index (χ4n) is 3.01. The summed E-state index contributed by atoms with van der Waals surface area (Å²) in [6.07, 6.45) is 2.20. The number of nitro groups is 1. The predicted octanol–water partition coefficient (Wildman–Crippen LogP) is 2.33. The third-order valence-electron chi connectivity index (χ3n) is 4.51. The molecule has 2 aromatic rings. The van der Waals surface area contributed by atoms with Crippen LogP contribution in [0.25, 0.3) is 0 Å². The Morgan fingerprint density at radius 1 is 1.07 bits per heavy atom. The van der Waals surface area contributed by atoms with Gasteiger partial charge in [-0.3, -0.25) is 19.7 Å². The normalized spacial score (nSPS) is 14.0. The summed E-state index contributed by atoms with van der Waals surface area (Å²) in [6.45, 7) is 2.07. The molecule has 1 aliphatic rings. The van der Waals surface area contributed by atoms with Gasteiger partial charge in [-0.05, 0) is 24.6 Å². The van der Waals surface area contributed by atoms with Crippen LogP contribution in [0.4, 0.5) is 5.69 Å². The van der Waals surface area contributed by atoms with E-state index in [2.05, 4.69) is 0 Å². The molecule has 2 heterocycles. The molecule has 1 aromatic heterocycles. The van der Waals surface area contributed by atoms with Crippen molar-refractivity contribution >= 4 is 17.5 Å². The van der Waals surface area contributed by atoms with Crippen molar-refractivity contribution < 1.29 is 23.7 Å². The first kappa shape index (κ1) is 19.4. The quantitative estimate of drug-likeness (QED) is 0.410. The zero-order valence-corrected chi connectivity index (χ0v) is 15.3. The lowest BCUT2D eigenvalue weighted by molar-refractivity contribution is -0.385. The van der Waals surface area contributed by atoms with E-state index in [1.165, 1.54) is 18.4 Å². The van der Waals surface area contributed by atoms with Crippen LogP contribution in [-0.4, -0.2) is 59.3 Å². The number of carbonyl (C=O) groups is 2. The van der Waals surface area contributed by atoms with E-state index in [4.69, 9.17) is 9.15 Å². The standard InChI is InChI=1S/C19H21N3O6/c23-18(8-4-14-27-16-6-2-1-5-15(16)22(25)26)20-9-11-21(12-10-20)19(24)17-7-3-13-28-17/h1-3,5-7,13H,4,8-12,14H2. The Morgan fingerprint density at radius 3 is 2.46 bits per heavy atom. The summed E-state index contributed by atoms with van der Waals surface area (Å²) in [6, 6.07) is 9.44. The number of nitro benzene ring substituents is 1. The summed E-state index contributed by atoms with van der Waals surface area (Å²) in [5, 5.41) is 10.9. The average Bonchev–Trinajstić information content (AvgIpc) is 3.25. The van der Waals surface area contributed by atoms with Gasteiger partial charge in [-0.25, -0.2) is 0 Å². The monoisotopic (exact) mass is 387 g/mol. The largest absolute Gasteiger partial charge is 0.487 e. The van der Waals surface area contributed by atoms with Gasteiger partial charge in [0.05, 0.1) is 17.8 Å². The maximum atomic E-state index is 12.3. The number of hydrogen-bond donors (Lipinski definition) is 0. The molecular formula is C19H21N3O6. The fourth-order valence-corrected chi connectivity index (χ4v) is 3.01. The Labute approximate surface area is 161 Å². The van der Waals surface area contributed by atoms with E-state index in [1.54, 1.807) is 34.1 Å². The molecule has 2 amide bonds. The molecule has 0 atom stereocenters. The van der Waals surface area contributed by atoms with Crippen molar-refractivity contribution in [3.05, 3.63) is 58.5 Å². The zero-order chi connectivity index (χ0) is 19.9. The molecule has 0 unspecified atom stereocenters. The average molecular weight is 387 g/mol. The predicted molar refractivity (Wildman–Crippen MR) is 99.0 cm³/mol. The van der Waals surface area contributed by atoms with Gasteiger partial charge in [0.1, 0.15) is 0 Å². The SMILES string of the molecule is O=C(CCCOc1ccccc1[N+](=O)[O-])N1CCN(C(=O)c2ccco2)CC1. The molecule has 28 heavy (non-hydrogen) atoms. The smallest absolute Gasteiger partial charge is 0.310 e. The van der Waals surface area contributed by atoms with Gasteiger partial charge in [0.2, 0.25) is 5.91 Å². The Hall–Kier alpha value is -3.36. The number of benzene rings is 1. The number of carbonyl (C=O) groups excluding carboxylic acids is 2. The number of amides is 2. The van der Waals surface area contributed by atoms with Gasteiger partial charge in [-0.2, -0.15) is 0 Å². The van der Waals surface area contributed by atoms with Crippen molar-refractivity contribution in [2.24, 2.45) is 0 Å². The molecule has 0 aliphatic carbocycles. The van der Waals surface area contributed by atoms with E-state index in [0.717, 1.165) is 0 Å². The third kappa shape index (κ3) is 4.67. The van der Waals surface area contributed by atoms with Crippen LogP contribution >= 0.6 is 0 Å². The van der Waals surface area contributed by atoms with Crippen molar-refractivity contribution in [1.82, 2.24) is 9.80 Å². The summed E-state index contributed by atoms with van der Waals surface area (Å²) >= 11 is 0. The first-order chi connectivity index (χ1) is 13.6. The zero-order valence-electron chi connectivity index (χ0n) is 15.3. The number of rotatable bonds is 7. The van der Waals surface area contributed by atoms with Gasteiger partial charge >= 0.3 is 5.69 Å². The van der Waals surface area contributed by atoms with E-state index < -0.39 is 4.92 Å². The molecule has 0 radical (unpaired) electrons. The highest BCUT2D eigenvalue weighted by Gasteiger charge is 2.25. The molecule has 3 rings (SSSR count). The molecule has 1 saturated heterocycles. The van der Waals surface area contributed by atoms with Crippen LogP contribution in [0.1, 0.15) is 23.4 Å². The van der Waals surface area contributed by atoms with Gasteiger partial charge in [-0.1, -0.05) is 12.1 Å². The minimum atomic E-state index is -0.496. The lowest BCUT2D eigenvalue weighted by Crippen LogP contribution is -2.50. The number of para-hydroxylation sites is 2. The second kappa shape index (κ2) is 9.03. The lowest BCUT2D eigenvalue weighted by Gasteiger charge is -2.34. The van der Waals surface area contributed by atoms with Crippen molar-refractivity contribution in [2.75, 3.05) is 32.8 Å². The van der Waals surface area contributed by atoms with Gasteiger partial charge < -0.3 is 19.0 Å². The summed E-state index contributed by atoms with van der Waals surface area (Å²) in [4.78, 5) is 38.4. The van der Waals surface area contributed by atoms with Crippen LogP contribution in [-0.2, 0) is 4.79 Å². The van der Waals surface area contributed by atoms with Gasteiger partial charge in [0, 0.05) is 38.7 Å². The Bertz CT molecular complexity index is 828. The van der Waals surface area contributed by atoms with Crippen LogP contribution in [0.5, 0.6) is 5.75 Å². The van der Waals surface area contributed by atoms with Crippen LogP contribution in [0.2, 0.25) is 0 Å². The van der Waals surface area contributed by atoms with Gasteiger partial charge in [0.25, 0.3) is 5.91 Å². The summed E-state index contributed by atoms with van der Waals surface area (Å²) in [5.41, 5.74) is -0.0915. The topological polar surface area (TPSA) is 106 Å². The highest BCUT2D eigenvalue weighted by molar-refractivity contribution is 5.91. The van der Waals surface area contributed by atoms with E-state index in [-0.39, 0.29) is 36.3 Å². The van der Waals surface area contributed by atoms with Crippen molar-refractivity contribution in [2.45, 2.75) is 12.8 Å². The Balaban J connectivity index is 1.39. The summed E-state index contributed by atoms with van der Waals surface area (Å²) in [7, 11) is 0. The molecule has 1 aromatic carbocycles. The number of nitrogens with zero attached hydrogens (tertiary/aromatic N) is 3. The summed E-state index contributed by atoms with van der Waals surface area (Å²) in [5.74, 6) is 0.308. The van der Waals surface area contributed by atoms with E-state index in [1.807, 2.05) is 0 Å². The number of furan rings is 1. The van der Waals surface area contributed by atoms with Crippen LogP contribution in [0.3, 0.4) is 0 Å². The Kier molecular flexibility index (Phi) is 6.25. The number of piperazine rings is 1. The molecule has 1 fully saturated rings. The van der Waals surface area contributed by atoms with Crippen LogP contribution in [0, 0.1) is 10.1 Å². The molecule has 0 saturated carbocycles. The molecule has 148 valence electrons. The lowest BCUT2D eigenvalue weighted by atomic mass is 10.2. The highest BCUT2D eigenvalue weighted by Crippen LogP contribution is 2.25. The fraction of sp³-hybridized carbons (Fsp3) is 0.368. The van der Waals surface area contributed by atoms with Crippen molar-refractivity contribution in [3.63, 3.8) is 0 Å². The molecule has 9 heteroatoms. The van der Waals surface area contributed by atoms with Crippen LogP contribution < -0.4 is 4.74 Å². The second-order valence-electron chi connectivity index (χ2n) is 6.33. The van der Waals surface area contributed by atoms with Crippen molar-refractivity contribution in [3.8, 4) is 5.75 Å². The molecular weight excluding hydrogens is 366 g/mol. The molecule has 0 bridgehead atoms. The van der Waals surface area contributed by atoms with Crippen molar-refractivity contribution in [1.29, 1.82) is 0 Å². The van der Waals surface area contributed by atoms with E-state index >= 15 is 0 Å². The molecule has 9 nitrogen and oxygen atoms in total. The van der Waals surface area contributed by atoms with Crippen LogP contribution in [0.15, 0.2) is 47.1 Å². The minimum absolute atomic E-state index is 0.0174. The first-order valence-corrected chi connectivity index (χ1v) is 9.03. The third-order valence-corrected chi connectivity index (χ3v) is 4.51. The van der Waals surface area contributed by atoms with Gasteiger partial charge in [0.15, 0.2) is 11.5 Å². The minimum Gasteiger partial charge on any atom is -0.487 e. The number of ether oxygens (including phenoxy) is 1. The molecule has 0 spiro atoms. The highest BCUT2D eigenvalue weighted by atomic mass is 16.6.